The van der Waals surface area contributed by atoms with Crippen molar-refractivity contribution in [3.8, 4) is 0 Å². The molecule has 1 aromatic rings. The van der Waals surface area contributed by atoms with Gasteiger partial charge in [0.25, 0.3) is 0 Å². The lowest BCUT2D eigenvalue weighted by Crippen LogP contribution is -2.26. The van der Waals surface area contributed by atoms with Gasteiger partial charge >= 0.3 is 0 Å². The Hall–Kier alpha value is -1.21. The predicted molar refractivity (Wildman–Crippen MR) is 65.4 cm³/mol. The first kappa shape index (κ1) is 14.8. The van der Waals surface area contributed by atoms with Crippen molar-refractivity contribution in [1.82, 2.24) is 4.72 Å². The molecule has 0 aliphatic carbocycles. The van der Waals surface area contributed by atoms with Crippen LogP contribution in [0.2, 0.25) is 0 Å². The average molecular weight is 278 g/mol. The summed E-state index contributed by atoms with van der Waals surface area (Å²) in [5.74, 6) is -1.82. The lowest BCUT2D eigenvalue weighted by Gasteiger charge is -2.10. The number of hydrogen-bond acceptors (Lipinski definition) is 3. The van der Waals surface area contributed by atoms with Gasteiger partial charge in [-0.05, 0) is 18.4 Å². The van der Waals surface area contributed by atoms with Crippen molar-refractivity contribution in [1.29, 1.82) is 0 Å². The van der Waals surface area contributed by atoms with Crippen LogP contribution in [0.3, 0.4) is 0 Å². The second-order valence-electron chi connectivity index (χ2n) is 4.38. The highest BCUT2D eigenvalue weighted by atomic mass is 32.2. The fourth-order valence-electron chi connectivity index (χ4n) is 1.31. The summed E-state index contributed by atoms with van der Waals surface area (Å²) in [6, 6.07) is 1.24. The highest BCUT2D eigenvalue weighted by Gasteiger charge is 2.20. The number of nitrogen functional groups attached to an aromatic ring is 1. The van der Waals surface area contributed by atoms with E-state index in [1.54, 1.807) is 0 Å². The van der Waals surface area contributed by atoms with Gasteiger partial charge in [-0.2, -0.15) is 0 Å². The first-order valence-corrected chi connectivity index (χ1v) is 6.96. The Morgan fingerprint density at radius 3 is 2.44 bits per heavy atom. The molecule has 3 N–H and O–H groups in total. The second-order valence-corrected chi connectivity index (χ2v) is 6.12. The highest BCUT2D eigenvalue weighted by molar-refractivity contribution is 7.89. The Balaban J connectivity index is 2.95. The van der Waals surface area contributed by atoms with Gasteiger partial charge in [-0.25, -0.2) is 21.9 Å². The number of benzene rings is 1. The molecular formula is C11H16F2N2O2S. The Bertz CT molecular complexity index is 530. The molecule has 0 aliphatic rings. The Labute approximate surface area is 105 Å². The molecule has 18 heavy (non-hydrogen) atoms. The molecule has 0 spiro atoms. The van der Waals surface area contributed by atoms with Crippen LogP contribution in [0.15, 0.2) is 17.0 Å². The smallest absolute Gasteiger partial charge is 0.243 e. The molecule has 0 heterocycles. The summed E-state index contributed by atoms with van der Waals surface area (Å²) in [4.78, 5) is -0.634. The normalized spacial score (nSPS) is 12.1. The summed E-state index contributed by atoms with van der Waals surface area (Å²) >= 11 is 0. The van der Waals surface area contributed by atoms with Crippen molar-refractivity contribution in [3.63, 3.8) is 0 Å². The maximum atomic E-state index is 13.4. The van der Waals surface area contributed by atoms with Crippen molar-refractivity contribution < 1.29 is 17.2 Å². The summed E-state index contributed by atoms with van der Waals surface area (Å²) < 4.78 is 52.1. The van der Waals surface area contributed by atoms with E-state index in [0.29, 0.717) is 18.4 Å². The van der Waals surface area contributed by atoms with E-state index < -0.39 is 32.2 Å². The Kier molecular flexibility index (Phi) is 4.64. The van der Waals surface area contributed by atoms with Crippen molar-refractivity contribution >= 4 is 15.7 Å². The molecule has 0 unspecified atom stereocenters. The number of anilines is 1. The minimum absolute atomic E-state index is 0.191. The molecule has 0 atom stereocenters. The third-order valence-electron chi connectivity index (χ3n) is 2.35. The third-order valence-corrected chi connectivity index (χ3v) is 3.83. The summed E-state index contributed by atoms with van der Waals surface area (Å²) in [7, 11) is -4.00. The standard InChI is InChI=1S/C11H16F2N2O2S/c1-7(2)3-4-15-18(16,17)11-6-10(14)8(12)5-9(11)13/h5-7,15H,3-4,14H2,1-2H3. The van der Waals surface area contributed by atoms with Gasteiger partial charge in [0.15, 0.2) is 0 Å². The molecule has 0 saturated heterocycles. The summed E-state index contributed by atoms with van der Waals surface area (Å²) in [6.45, 7) is 4.06. The summed E-state index contributed by atoms with van der Waals surface area (Å²) in [5, 5.41) is 0. The van der Waals surface area contributed by atoms with Crippen LogP contribution in [-0.4, -0.2) is 15.0 Å². The van der Waals surface area contributed by atoms with Gasteiger partial charge in [0, 0.05) is 12.6 Å². The predicted octanol–water partition coefficient (Wildman–Crippen LogP) is 1.87. The molecule has 102 valence electrons. The highest BCUT2D eigenvalue weighted by Crippen LogP contribution is 2.20. The molecular weight excluding hydrogens is 262 g/mol. The van der Waals surface area contributed by atoms with Gasteiger partial charge in [0.05, 0.1) is 5.69 Å². The van der Waals surface area contributed by atoms with Crippen molar-refractivity contribution in [3.05, 3.63) is 23.8 Å². The average Bonchev–Trinajstić information content (AvgIpc) is 2.22. The van der Waals surface area contributed by atoms with Crippen LogP contribution in [-0.2, 0) is 10.0 Å². The van der Waals surface area contributed by atoms with Gasteiger partial charge in [-0.3, -0.25) is 0 Å². The molecule has 1 aromatic carbocycles. The van der Waals surface area contributed by atoms with E-state index in [1.165, 1.54) is 0 Å². The van der Waals surface area contributed by atoms with E-state index >= 15 is 0 Å². The fraction of sp³-hybridized carbons (Fsp3) is 0.455. The lowest BCUT2D eigenvalue weighted by molar-refractivity contribution is 0.534. The van der Waals surface area contributed by atoms with Gasteiger partial charge in [-0.1, -0.05) is 13.8 Å². The van der Waals surface area contributed by atoms with Gasteiger partial charge in [0.2, 0.25) is 10.0 Å². The molecule has 0 bridgehead atoms. The van der Waals surface area contributed by atoms with Crippen LogP contribution in [0.5, 0.6) is 0 Å². The van der Waals surface area contributed by atoms with E-state index in [-0.39, 0.29) is 6.54 Å². The van der Waals surface area contributed by atoms with Crippen LogP contribution in [0.25, 0.3) is 0 Å². The number of hydrogen-bond donors (Lipinski definition) is 2. The number of halogens is 2. The molecule has 0 amide bonds. The van der Waals surface area contributed by atoms with Gasteiger partial charge in [-0.15, -0.1) is 0 Å². The van der Waals surface area contributed by atoms with Crippen molar-refractivity contribution in [2.45, 2.75) is 25.2 Å². The molecule has 0 fully saturated rings. The van der Waals surface area contributed by atoms with Gasteiger partial charge in [0.1, 0.15) is 16.5 Å². The molecule has 0 saturated carbocycles. The van der Waals surface area contributed by atoms with E-state index in [0.717, 1.165) is 6.07 Å². The fourth-order valence-corrected chi connectivity index (χ4v) is 2.45. The molecule has 0 aliphatic heterocycles. The van der Waals surface area contributed by atoms with E-state index in [1.807, 2.05) is 13.8 Å². The van der Waals surface area contributed by atoms with Gasteiger partial charge < -0.3 is 5.73 Å². The summed E-state index contributed by atoms with van der Waals surface area (Å²) in [6.07, 6.45) is 0.623. The largest absolute Gasteiger partial charge is 0.396 e. The first-order chi connectivity index (χ1) is 8.24. The number of rotatable bonds is 5. The Morgan fingerprint density at radius 1 is 1.28 bits per heavy atom. The van der Waals surface area contributed by atoms with E-state index in [9.17, 15) is 17.2 Å². The zero-order valence-corrected chi connectivity index (χ0v) is 11.0. The first-order valence-electron chi connectivity index (χ1n) is 5.48. The minimum atomic E-state index is -4.00. The van der Waals surface area contributed by atoms with Crippen LogP contribution >= 0.6 is 0 Å². The van der Waals surface area contributed by atoms with Crippen LogP contribution in [0, 0.1) is 17.6 Å². The van der Waals surface area contributed by atoms with Crippen molar-refractivity contribution in [2.75, 3.05) is 12.3 Å². The maximum absolute atomic E-state index is 13.4. The molecule has 0 radical (unpaired) electrons. The van der Waals surface area contributed by atoms with Crippen molar-refractivity contribution in [2.24, 2.45) is 5.92 Å². The maximum Gasteiger partial charge on any atom is 0.243 e. The molecule has 4 nitrogen and oxygen atoms in total. The number of nitrogens with two attached hydrogens (primary N) is 1. The third kappa shape index (κ3) is 3.64. The van der Waals surface area contributed by atoms with Crippen LogP contribution in [0.1, 0.15) is 20.3 Å². The minimum Gasteiger partial charge on any atom is -0.396 e. The van der Waals surface area contributed by atoms with Crippen LogP contribution < -0.4 is 10.5 Å². The quantitative estimate of drug-likeness (QED) is 0.808. The molecule has 7 heteroatoms. The van der Waals surface area contributed by atoms with E-state index in [4.69, 9.17) is 5.73 Å². The number of sulfonamides is 1. The van der Waals surface area contributed by atoms with Crippen LogP contribution in [0.4, 0.5) is 14.5 Å². The van der Waals surface area contributed by atoms with E-state index in [2.05, 4.69) is 4.72 Å². The zero-order chi connectivity index (χ0) is 13.9. The second kappa shape index (κ2) is 5.62. The lowest BCUT2D eigenvalue weighted by atomic mass is 10.1. The molecule has 1 rings (SSSR count). The SMILES string of the molecule is CC(C)CCNS(=O)(=O)c1cc(N)c(F)cc1F. The topological polar surface area (TPSA) is 72.2 Å². The monoisotopic (exact) mass is 278 g/mol. The molecule has 0 aromatic heterocycles. The number of nitrogens with one attached hydrogen (secondary N) is 1. The summed E-state index contributed by atoms with van der Waals surface area (Å²) in [5.41, 5.74) is 4.83. The zero-order valence-electron chi connectivity index (χ0n) is 10.2. The Morgan fingerprint density at radius 2 is 1.89 bits per heavy atom.